The number of hydrogen-bond donors (Lipinski definition) is 1. The van der Waals surface area contributed by atoms with E-state index in [4.69, 9.17) is 4.42 Å². The molecule has 0 aliphatic carbocycles. The van der Waals surface area contributed by atoms with Gasteiger partial charge in [0.25, 0.3) is 0 Å². The Balaban J connectivity index is 2.12. The third-order valence-corrected chi connectivity index (χ3v) is 3.32. The molecule has 5 nitrogen and oxygen atoms in total. The van der Waals surface area contributed by atoms with Gasteiger partial charge in [-0.05, 0) is 18.2 Å². The monoisotopic (exact) mass is 252 g/mol. The van der Waals surface area contributed by atoms with Gasteiger partial charge in [-0.1, -0.05) is 6.07 Å². The number of anilines is 1. The molecule has 0 fully saturated rings. The summed E-state index contributed by atoms with van der Waals surface area (Å²) in [6, 6.07) is 6.64. The number of nitrogens with zero attached hydrogens (tertiary/aromatic N) is 1. The predicted octanol–water partition coefficient (Wildman–Crippen LogP) is 1.69. The van der Waals surface area contributed by atoms with E-state index < -0.39 is 9.84 Å². The number of aromatic nitrogens is 1. The molecule has 0 amide bonds. The summed E-state index contributed by atoms with van der Waals surface area (Å²) in [5.41, 5.74) is 0.726. The maximum atomic E-state index is 11.4. The van der Waals surface area contributed by atoms with Crippen molar-refractivity contribution < 1.29 is 12.8 Å². The second-order valence-corrected chi connectivity index (χ2v) is 5.64. The lowest BCUT2D eigenvalue weighted by atomic mass is 10.3. The van der Waals surface area contributed by atoms with Gasteiger partial charge in [0.15, 0.2) is 16.2 Å². The lowest BCUT2D eigenvalue weighted by Crippen LogP contribution is -2.01. The standard InChI is InChI=1S/C11H12N2O3S/c1-17(14,15)11-4-2-3-9(5-11)13-7-10-6-12-8-16-10/h2-6,8,13H,7H2,1H3. The summed E-state index contributed by atoms with van der Waals surface area (Å²) in [7, 11) is -3.17. The van der Waals surface area contributed by atoms with Crippen LogP contribution in [-0.4, -0.2) is 19.7 Å². The van der Waals surface area contributed by atoms with E-state index in [0.717, 1.165) is 5.69 Å². The van der Waals surface area contributed by atoms with Crippen LogP contribution in [0.25, 0.3) is 0 Å². The molecule has 0 atom stereocenters. The lowest BCUT2D eigenvalue weighted by Gasteiger charge is -2.05. The van der Waals surface area contributed by atoms with E-state index in [-0.39, 0.29) is 0 Å². The Bertz CT molecular complexity index is 591. The van der Waals surface area contributed by atoms with E-state index in [1.165, 1.54) is 12.6 Å². The van der Waals surface area contributed by atoms with E-state index in [0.29, 0.717) is 17.2 Å². The predicted molar refractivity (Wildman–Crippen MR) is 63.4 cm³/mol. The molecule has 0 unspecified atom stereocenters. The van der Waals surface area contributed by atoms with Crippen LogP contribution in [0.4, 0.5) is 5.69 Å². The highest BCUT2D eigenvalue weighted by molar-refractivity contribution is 7.90. The normalized spacial score (nSPS) is 11.4. The second-order valence-electron chi connectivity index (χ2n) is 3.62. The molecule has 0 spiro atoms. The zero-order chi connectivity index (χ0) is 12.3. The first-order valence-electron chi connectivity index (χ1n) is 4.97. The van der Waals surface area contributed by atoms with Gasteiger partial charge in [-0.25, -0.2) is 13.4 Å². The van der Waals surface area contributed by atoms with Crippen molar-refractivity contribution in [1.29, 1.82) is 0 Å². The molecule has 0 saturated carbocycles. The minimum atomic E-state index is -3.17. The van der Waals surface area contributed by atoms with Gasteiger partial charge in [0.1, 0.15) is 5.76 Å². The Kier molecular flexibility index (Phi) is 3.14. The molecule has 0 bridgehead atoms. The molecule has 6 heteroatoms. The Hall–Kier alpha value is -1.82. The van der Waals surface area contributed by atoms with Gasteiger partial charge < -0.3 is 9.73 Å². The summed E-state index contributed by atoms with van der Waals surface area (Å²) in [6.07, 6.45) is 4.14. The summed E-state index contributed by atoms with van der Waals surface area (Å²) in [5, 5.41) is 3.06. The summed E-state index contributed by atoms with van der Waals surface area (Å²) < 4.78 is 27.8. The van der Waals surface area contributed by atoms with Crippen molar-refractivity contribution in [2.75, 3.05) is 11.6 Å². The fraction of sp³-hybridized carbons (Fsp3) is 0.182. The van der Waals surface area contributed by atoms with Crippen molar-refractivity contribution >= 4 is 15.5 Å². The second kappa shape index (κ2) is 4.58. The zero-order valence-corrected chi connectivity index (χ0v) is 10.1. The van der Waals surface area contributed by atoms with Crippen LogP contribution in [0.5, 0.6) is 0 Å². The highest BCUT2D eigenvalue weighted by atomic mass is 32.2. The smallest absolute Gasteiger partial charge is 0.180 e. The summed E-state index contributed by atoms with van der Waals surface area (Å²) >= 11 is 0. The van der Waals surface area contributed by atoms with Crippen LogP contribution in [0.1, 0.15) is 5.76 Å². The van der Waals surface area contributed by atoms with Crippen molar-refractivity contribution in [3.05, 3.63) is 42.6 Å². The van der Waals surface area contributed by atoms with Gasteiger partial charge in [0, 0.05) is 11.9 Å². The molecule has 0 saturated heterocycles. The van der Waals surface area contributed by atoms with Crippen molar-refractivity contribution in [1.82, 2.24) is 4.98 Å². The first kappa shape index (κ1) is 11.7. The van der Waals surface area contributed by atoms with Crippen LogP contribution < -0.4 is 5.32 Å². The molecular weight excluding hydrogens is 240 g/mol. The molecule has 17 heavy (non-hydrogen) atoms. The number of oxazole rings is 1. The van der Waals surface area contributed by atoms with Gasteiger partial charge in [-0.3, -0.25) is 0 Å². The molecule has 1 heterocycles. The Morgan fingerprint density at radius 2 is 2.24 bits per heavy atom. The molecule has 1 aromatic carbocycles. The molecule has 0 aliphatic rings. The number of sulfone groups is 1. The van der Waals surface area contributed by atoms with Crippen LogP contribution in [0.2, 0.25) is 0 Å². The summed E-state index contributed by atoms with van der Waals surface area (Å²) in [4.78, 5) is 4.08. The van der Waals surface area contributed by atoms with Gasteiger partial charge in [-0.15, -0.1) is 0 Å². The van der Waals surface area contributed by atoms with Crippen molar-refractivity contribution in [2.45, 2.75) is 11.4 Å². The fourth-order valence-corrected chi connectivity index (χ4v) is 2.02. The Labute approximate surface area is 99.4 Å². The maximum Gasteiger partial charge on any atom is 0.180 e. The SMILES string of the molecule is CS(=O)(=O)c1cccc(NCc2cnco2)c1. The minimum Gasteiger partial charge on any atom is -0.447 e. The Morgan fingerprint density at radius 1 is 1.41 bits per heavy atom. The summed E-state index contributed by atoms with van der Waals surface area (Å²) in [5.74, 6) is 0.690. The number of rotatable bonds is 4. The summed E-state index contributed by atoms with van der Waals surface area (Å²) in [6.45, 7) is 0.465. The lowest BCUT2D eigenvalue weighted by molar-refractivity contribution is 0.511. The van der Waals surface area contributed by atoms with Gasteiger partial charge >= 0.3 is 0 Å². The number of nitrogens with one attached hydrogen (secondary N) is 1. The first-order chi connectivity index (χ1) is 8.05. The Morgan fingerprint density at radius 3 is 2.88 bits per heavy atom. The van der Waals surface area contributed by atoms with Gasteiger partial charge in [0.05, 0.1) is 17.6 Å². The third kappa shape index (κ3) is 3.07. The van der Waals surface area contributed by atoms with Crippen molar-refractivity contribution in [3.63, 3.8) is 0 Å². The molecule has 1 N–H and O–H groups in total. The van der Waals surface area contributed by atoms with Crippen molar-refractivity contribution in [2.24, 2.45) is 0 Å². The molecule has 0 aliphatic heterocycles. The third-order valence-electron chi connectivity index (χ3n) is 2.21. The molecule has 2 rings (SSSR count). The van der Waals surface area contributed by atoms with Crippen LogP contribution in [0, 0.1) is 0 Å². The largest absolute Gasteiger partial charge is 0.447 e. The van der Waals surface area contributed by atoms with E-state index in [9.17, 15) is 8.42 Å². The maximum absolute atomic E-state index is 11.4. The van der Waals surface area contributed by atoms with Crippen LogP contribution >= 0.6 is 0 Å². The topological polar surface area (TPSA) is 72.2 Å². The van der Waals surface area contributed by atoms with E-state index >= 15 is 0 Å². The van der Waals surface area contributed by atoms with Crippen LogP contribution in [0.3, 0.4) is 0 Å². The fourth-order valence-electron chi connectivity index (χ4n) is 1.36. The molecule has 0 radical (unpaired) electrons. The first-order valence-corrected chi connectivity index (χ1v) is 6.86. The van der Waals surface area contributed by atoms with E-state index in [1.54, 1.807) is 30.5 Å². The van der Waals surface area contributed by atoms with E-state index in [1.807, 2.05) is 0 Å². The molecule has 1 aromatic heterocycles. The average molecular weight is 252 g/mol. The molecule has 2 aromatic rings. The van der Waals surface area contributed by atoms with Crippen LogP contribution in [-0.2, 0) is 16.4 Å². The average Bonchev–Trinajstić information content (AvgIpc) is 2.78. The molecule has 90 valence electrons. The van der Waals surface area contributed by atoms with E-state index in [2.05, 4.69) is 10.3 Å². The quantitative estimate of drug-likeness (QED) is 0.896. The highest BCUT2D eigenvalue weighted by Gasteiger charge is 2.07. The van der Waals surface area contributed by atoms with Crippen molar-refractivity contribution in [3.8, 4) is 0 Å². The number of benzene rings is 1. The van der Waals surface area contributed by atoms with Gasteiger partial charge in [-0.2, -0.15) is 0 Å². The number of hydrogen-bond acceptors (Lipinski definition) is 5. The van der Waals surface area contributed by atoms with Crippen LogP contribution in [0.15, 0.2) is 46.2 Å². The zero-order valence-electron chi connectivity index (χ0n) is 9.25. The minimum absolute atomic E-state index is 0.292. The van der Waals surface area contributed by atoms with Gasteiger partial charge in [0.2, 0.25) is 0 Å². The molecular formula is C11H12N2O3S. The highest BCUT2D eigenvalue weighted by Crippen LogP contribution is 2.15.